The lowest BCUT2D eigenvalue weighted by Crippen LogP contribution is -2.37. The standard InChI is InChI=1S/C15H19N3O3S/c1-10-8-11-6-7-13(9-14(11)16-15(10)19)18-22(20,21)17-12-4-2-3-5-12/h6-9,12,17-18H,2-5H2,1H3,(H,16,19). The van der Waals surface area contributed by atoms with Crippen LogP contribution in [-0.4, -0.2) is 19.4 Å². The van der Waals surface area contributed by atoms with Crippen LogP contribution < -0.4 is 15.0 Å². The van der Waals surface area contributed by atoms with Gasteiger partial charge in [0.2, 0.25) is 0 Å². The monoisotopic (exact) mass is 321 g/mol. The van der Waals surface area contributed by atoms with Crippen LogP contribution in [0.25, 0.3) is 10.9 Å². The second-order valence-corrected chi connectivity index (χ2v) is 7.23. The van der Waals surface area contributed by atoms with E-state index in [0.29, 0.717) is 16.8 Å². The van der Waals surface area contributed by atoms with E-state index in [0.717, 1.165) is 31.1 Å². The molecule has 0 radical (unpaired) electrons. The number of fused-ring (bicyclic) bond motifs is 1. The van der Waals surface area contributed by atoms with E-state index in [-0.39, 0.29) is 11.6 Å². The van der Waals surface area contributed by atoms with Crippen LogP contribution in [0.4, 0.5) is 5.69 Å². The number of pyridine rings is 1. The van der Waals surface area contributed by atoms with Crippen LogP contribution in [0.5, 0.6) is 0 Å². The fourth-order valence-electron chi connectivity index (χ4n) is 2.82. The Morgan fingerprint density at radius 3 is 2.64 bits per heavy atom. The lowest BCUT2D eigenvalue weighted by Gasteiger charge is -2.14. The molecule has 3 rings (SSSR count). The Morgan fingerprint density at radius 2 is 1.91 bits per heavy atom. The molecule has 0 unspecified atom stereocenters. The van der Waals surface area contributed by atoms with Crippen molar-refractivity contribution in [1.82, 2.24) is 9.71 Å². The molecule has 0 aliphatic heterocycles. The van der Waals surface area contributed by atoms with E-state index in [9.17, 15) is 13.2 Å². The van der Waals surface area contributed by atoms with Crippen molar-refractivity contribution < 1.29 is 8.42 Å². The summed E-state index contributed by atoms with van der Waals surface area (Å²) in [7, 11) is -3.60. The van der Waals surface area contributed by atoms with Crippen LogP contribution in [0.15, 0.2) is 29.1 Å². The fourth-order valence-corrected chi connectivity index (χ4v) is 3.99. The minimum Gasteiger partial charge on any atom is -0.322 e. The molecule has 0 atom stereocenters. The van der Waals surface area contributed by atoms with Gasteiger partial charge in [-0.2, -0.15) is 13.1 Å². The molecule has 22 heavy (non-hydrogen) atoms. The van der Waals surface area contributed by atoms with Crippen LogP contribution in [0.2, 0.25) is 0 Å². The summed E-state index contributed by atoms with van der Waals surface area (Å²) in [5.41, 5.74) is 1.49. The highest BCUT2D eigenvalue weighted by Crippen LogP contribution is 2.20. The van der Waals surface area contributed by atoms with Crippen molar-refractivity contribution in [3.05, 3.63) is 40.2 Å². The Morgan fingerprint density at radius 1 is 1.18 bits per heavy atom. The topological polar surface area (TPSA) is 91.1 Å². The third kappa shape index (κ3) is 3.31. The first-order valence-electron chi connectivity index (χ1n) is 7.37. The minimum absolute atomic E-state index is 0.0143. The molecule has 3 N–H and O–H groups in total. The van der Waals surface area contributed by atoms with Crippen LogP contribution in [0, 0.1) is 6.92 Å². The normalized spacial score (nSPS) is 16.2. The summed E-state index contributed by atoms with van der Waals surface area (Å²) in [6, 6.07) is 6.90. The second-order valence-electron chi connectivity index (χ2n) is 5.79. The molecular formula is C15H19N3O3S. The van der Waals surface area contributed by atoms with Crippen molar-refractivity contribution >= 4 is 26.8 Å². The minimum atomic E-state index is -3.60. The predicted octanol–water partition coefficient (Wildman–Crippen LogP) is 2.03. The number of benzene rings is 1. The highest BCUT2D eigenvalue weighted by atomic mass is 32.2. The summed E-state index contributed by atoms with van der Waals surface area (Å²) < 4.78 is 29.4. The first-order valence-corrected chi connectivity index (χ1v) is 8.85. The molecule has 0 bridgehead atoms. The number of aromatic amines is 1. The van der Waals surface area contributed by atoms with Crippen LogP contribution in [0.1, 0.15) is 31.2 Å². The summed E-state index contributed by atoms with van der Waals surface area (Å²) in [5.74, 6) is 0. The van der Waals surface area contributed by atoms with E-state index in [1.807, 2.05) is 0 Å². The molecule has 1 aliphatic carbocycles. The van der Waals surface area contributed by atoms with Gasteiger partial charge in [0.05, 0.1) is 11.2 Å². The van der Waals surface area contributed by atoms with Gasteiger partial charge in [-0.15, -0.1) is 0 Å². The Balaban J connectivity index is 1.84. The summed E-state index contributed by atoms with van der Waals surface area (Å²) in [6.45, 7) is 1.74. The van der Waals surface area contributed by atoms with Gasteiger partial charge in [-0.3, -0.25) is 9.52 Å². The Labute approximate surface area is 129 Å². The first-order chi connectivity index (χ1) is 10.4. The molecule has 0 amide bonds. The molecule has 1 saturated carbocycles. The fraction of sp³-hybridized carbons (Fsp3) is 0.400. The van der Waals surface area contributed by atoms with E-state index >= 15 is 0 Å². The third-order valence-corrected chi connectivity index (χ3v) is 5.11. The smallest absolute Gasteiger partial charge is 0.299 e. The van der Waals surface area contributed by atoms with E-state index in [1.165, 1.54) is 0 Å². The molecule has 6 nitrogen and oxygen atoms in total. The molecule has 1 aliphatic rings. The van der Waals surface area contributed by atoms with Crippen LogP contribution >= 0.6 is 0 Å². The lowest BCUT2D eigenvalue weighted by atomic mass is 10.1. The molecule has 7 heteroatoms. The number of nitrogens with one attached hydrogen (secondary N) is 3. The number of anilines is 1. The maximum atomic E-state index is 12.1. The molecule has 118 valence electrons. The van der Waals surface area contributed by atoms with E-state index in [1.54, 1.807) is 31.2 Å². The quantitative estimate of drug-likeness (QED) is 0.804. The summed E-state index contributed by atoms with van der Waals surface area (Å²) in [4.78, 5) is 14.4. The van der Waals surface area contributed by atoms with Gasteiger partial charge in [0, 0.05) is 11.6 Å². The average molecular weight is 321 g/mol. The van der Waals surface area contributed by atoms with Gasteiger partial charge < -0.3 is 4.98 Å². The zero-order valence-electron chi connectivity index (χ0n) is 12.3. The van der Waals surface area contributed by atoms with Crippen LogP contribution in [-0.2, 0) is 10.2 Å². The zero-order chi connectivity index (χ0) is 15.7. The van der Waals surface area contributed by atoms with Crippen molar-refractivity contribution in [3.63, 3.8) is 0 Å². The maximum absolute atomic E-state index is 12.1. The molecule has 1 aromatic heterocycles. The number of H-pyrrole nitrogens is 1. The molecule has 1 fully saturated rings. The SMILES string of the molecule is Cc1cc2ccc(NS(=O)(=O)NC3CCCC3)cc2[nH]c1=O. The van der Waals surface area contributed by atoms with Crippen molar-refractivity contribution in [2.45, 2.75) is 38.6 Å². The number of rotatable bonds is 4. The van der Waals surface area contributed by atoms with E-state index in [4.69, 9.17) is 0 Å². The number of aromatic nitrogens is 1. The van der Waals surface area contributed by atoms with E-state index < -0.39 is 10.2 Å². The van der Waals surface area contributed by atoms with Crippen molar-refractivity contribution in [1.29, 1.82) is 0 Å². The summed E-state index contributed by atoms with van der Waals surface area (Å²) in [5, 5.41) is 0.865. The molecule has 0 spiro atoms. The van der Waals surface area contributed by atoms with Crippen molar-refractivity contribution in [3.8, 4) is 0 Å². The first kappa shape index (κ1) is 15.1. The molecule has 0 saturated heterocycles. The highest BCUT2D eigenvalue weighted by Gasteiger charge is 2.21. The Bertz CT molecular complexity index is 852. The molecule has 1 heterocycles. The lowest BCUT2D eigenvalue weighted by molar-refractivity contribution is 0.557. The van der Waals surface area contributed by atoms with Gasteiger partial charge in [0.1, 0.15) is 0 Å². The van der Waals surface area contributed by atoms with Gasteiger partial charge in [-0.25, -0.2) is 0 Å². The number of hydrogen-bond donors (Lipinski definition) is 3. The van der Waals surface area contributed by atoms with Gasteiger partial charge in [-0.05, 0) is 43.4 Å². The van der Waals surface area contributed by atoms with Gasteiger partial charge in [0.15, 0.2) is 0 Å². The van der Waals surface area contributed by atoms with E-state index in [2.05, 4.69) is 14.4 Å². The van der Waals surface area contributed by atoms with Crippen LogP contribution in [0.3, 0.4) is 0 Å². The maximum Gasteiger partial charge on any atom is 0.299 e. The second kappa shape index (κ2) is 5.73. The molecular weight excluding hydrogens is 302 g/mol. The van der Waals surface area contributed by atoms with Gasteiger partial charge in [-0.1, -0.05) is 18.9 Å². The molecule has 2 aromatic rings. The number of aryl methyl sites for hydroxylation is 1. The highest BCUT2D eigenvalue weighted by molar-refractivity contribution is 7.90. The Kier molecular flexibility index (Phi) is 3.92. The largest absolute Gasteiger partial charge is 0.322 e. The van der Waals surface area contributed by atoms with Gasteiger partial charge >= 0.3 is 0 Å². The van der Waals surface area contributed by atoms with Crippen molar-refractivity contribution in [2.24, 2.45) is 0 Å². The Hall–Kier alpha value is -1.86. The predicted molar refractivity (Wildman–Crippen MR) is 87.2 cm³/mol. The zero-order valence-corrected chi connectivity index (χ0v) is 13.2. The molecule has 1 aromatic carbocycles. The number of hydrogen-bond acceptors (Lipinski definition) is 3. The van der Waals surface area contributed by atoms with Crippen molar-refractivity contribution in [2.75, 3.05) is 4.72 Å². The average Bonchev–Trinajstić information content (AvgIpc) is 2.92. The summed E-state index contributed by atoms with van der Waals surface area (Å²) >= 11 is 0. The summed E-state index contributed by atoms with van der Waals surface area (Å²) in [6.07, 6.45) is 3.88. The van der Waals surface area contributed by atoms with Gasteiger partial charge in [0.25, 0.3) is 15.8 Å². The third-order valence-electron chi connectivity index (χ3n) is 3.96.